The molecule has 0 radical (unpaired) electrons. The number of hydrogen-bond acceptors (Lipinski definition) is 5. The predicted octanol–water partition coefficient (Wildman–Crippen LogP) is 4.11. The number of rotatable bonds is 6. The molecule has 26 heavy (non-hydrogen) atoms. The summed E-state index contributed by atoms with van der Waals surface area (Å²) in [4.78, 5) is 12.1. The van der Waals surface area contributed by atoms with E-state index in [0.717, 1.165) is 5.75 Å². The third-order valence-electron chi connectivity index (χ3n) is 3.48. The Bertz CT molecular complexity index is 892. The van der Waals surface area contributed by atoms with Crippen LogP contribution in [-0.2, 0) is 11.2 Å². The van der Waals surface area contributed by atoms with Crippen LogP contribution in [0.3, 0.4) is 0 Å². The molecule has 134 valence electrons. The summed E-state index contributed by atoms with van der Waals surface area (Å²) in [6, 6.07) is 11.2. The summed E-state index contributed by atoms with van der Waals surface area (Å²) in [5, 5.41) is 10.3. The molecule has 3 aromatic rings. The fourth-order valence-electron chi connectivity index (χ4n) is 2.28. The van der Waals surface area contributed by atoms with Crippen molar-refractivity contribution in [1.29, 1.82) is 0 Å². The zero-order valence-corrected chi connectivity index (χ0v) is 14.6. The number of aromatic nitrogens is 2. The van der Waals surface area contributed by atoms with Gasteiger partial charge in [-0.3, -0.25) is 10.1 Å². The Kier molecular flexibility index (Phi) is 5.48. The van der Waals surface area contributed by atoms with Gasteiger partial charge >= 0.3 is 6.01 Å². The van der Waals surface area contributed by atoms with E-state index < -0.39 is 11.7 Å². The van der Waals surface area contributed by atoms with Gasteiger partial charge in [-0.25, -0.2) is 4.39 Å². The zero-order chi connectivity index (χ0) is 18.5. The van der Waals surface area contributed by atoms with Gasteiger partial charge in [0.1, 0.15) is 11.6 Å². The van der Waals surface area contributed by atoms with Crippen molar-refractivity contribution in [1.82, 2.24) is 10.2 Å². The Hall–Kier alpha value is -2.93. The first kappa shape index (κ1) is 17.9. The van der Waals surface area contributed by atoms with Gasteiger partial charge in [0.2, 0.25) is 11.8 Å². The monoisotopic (exact) mass is 375 g/mol. The Morgan fingerprint density at radius 1 is 1.23 bits per heavy atom. The molecule has 0 aliphatic heterocycles. The number of halogens is 2. The lowest BCUT2D eigenvalue weighted by Gasteiger charge is -2.05. The molecule has 0 aliphatic rings. The largest absolute Gasteiger partial charge is 0.494 e. The SMILES string of the molecule is CCOc1ccc(-c2nnc(NC(=O)Cc3c(F)cccc3Cl)o2)cc1. The number of ether oxygens (including phenoxy) is 1. The first-order chi connectivity index (χ1) is 12.6. The number of carbonyl (C=O) groups is 1. The summed E-state index contributed by atoms with van der Waals surface area (Å²) in [5.74, 6) is -0.0921. The first-order valence-electron chi connectivity index (χ1n) is 7.86. The maximum atomic E-state index is 13.7. The molecular formula is C18H15ClFN3O3. The topological polar surface area (TPSA) is 77.3 Å². The Balaban J connectivity index is 1.67. The molecule has 0 spiro atoms. The van der Waals surface area contributed by atoms with E-state index in [1.807, 2.05) is 6.92 Å². The van der Waals surface area contributed by atoms with Crippen molar-refractivity contribution in [3.05, 3.63) is 58.9 Å². The maximum Gasteiger partial charge on any atom is 0.322 e. The highest BCUT2D eigenvalue weighted by Gasteiger charge is 2.15. The van der Waals surface area contributed by atoms with Crippen LogP contribution >= 0.6 is 11.6 Å². The van der Waals surface area contributed by atoms with Crippen molar-refractivity contribution in [3.63, 3.8) is 0 Å². The number of nitrogens with one attached hydrogen (secondary N) is 1. The van der Waals surface area contributed by atoms with Crippen LogP contribution in [0.1, 0.15) is 12.5 Å². The molecule has 6 nitrogen and oxygen atoms in total. The van der Waals surface area contributed by atoms with E-state index in [1.54, 1.807) is 24.3 Å². The molecule has 0 aliphatic carbocycles. The third kappa shape index (κ3) is 4.18. The van der Waals surface area contributed by atoms with Crippen LogP contribution in [0.4, 0.5) is 10.4 Å². The molecule has 0 atom stereocenters. The molecule has 1 aromatic heterocycles. The van der Waals surface area contributed by atoms with Gasteiger partial charge in [0.25, 0.3) is 0 Å². The third-order valence-corrected chi connectivity index (χ3v) is 3.84. The van der Waals surface area contributed by atoms with Gasteiger partial charge in [0.05, 0.1) is 13.0 Å². The number of amides is 1. The summed E-state index contributed by atoms with van der Waals surface area (Å²) < 4.78 is 24.5. The standard InChI is InChI=1S/C18H15ClFN3O3/c1-2-25-12-8-6-11(7-9-12)17-22-23-18(26-17)21-16(24)10-13-14(19)4-3-5-15(13)20/h3-9H,2,10H2,1H3,(H,21,23,24). The van der Waals surface area contributed by atoms with Crippen molar-refractivity contribution in [2.75, 3.05) is 11.9 Å². The van der Waals surface area contributed by atoms with Gasteiger partial charge in [0.15, 0.2) is 0 Å². The summed E-state index contributed by atoms with van der Waals surface area (Å²) in [6.07, 6.45) is -0.244. The highest BCUT2D eigenvalue weighted by Crippen LogP contribution is 2.23. The van der Waals surface area contributed by atoms with Crippen molar-refractivity contribution in [2.45, 2.75) is 13.3 Å². The van der Waals surface area contributed by atoms with E-state index >= 15 is 0 Å². The number of benzene rings is 2. The minimum Gasteiger partial charge on any atom is -0.494 e. The van der Waals surface area contributed by atoms with Crippen molar-refractivity contribution >= 4 is 23.5 Å². The van der Waals surface area contributed by atoms with E-state index in [4.69, 9.17) is 20.8 Å². The van der Waals surface area contributed by atoms with Crippen LogP contribution in [0.2, 0.25) is 5.02 Å². The zero-order valence-electron chi connectivity index (χ0n) is 13.8. The van der Waals surface area contributed by atoms with Crippen LogP contribution in [-0.4, -0.2) is 22.7 Å². The molecule has 8 heteroatoms. The van der Waals surface area contributed by atoms with Crippen LogP contribution < -0.4 is 10.1 Å². The number of hydrogen-bond donors (Lipinski definition) is 1. The maximum absolute atomic E-state index is 13.7. The van der Waals surface area contributed by atoms with Crippen LogP contribution in [0, 0.1) is 5.82 Å². The Morgan fingerprint density at radius 2 is 2.00 bits per heavy atom. The van der Waals surface area contributed by atoms with E-state index in [9.17, 15) is 9.18 Å². The first-order valence-corrected chi connectivity index (χ1v) is 8.24. The molecule has 3 rings (SSSR count). The van der Waals surface area contributed by atoms with Gasteiger partial charge in [-0.15, -0.1) is 5.10 Å². The molecule has 0 unspecified atom stereocenters. The molecule has 2 aromatic carbocycles. The van der Waals surface area contributed by atoms with Crippen LogP contribution in [0.25, 0.3) is 11.5 Å². The normalized spacial score (nSPS) is 10.6. The molecule has 0 saturated carbocycles. The summed E-state index contributed by atoms with van der Waals surface area (Å²) >= 11 is 5.91. The highest BCUT2D eigenvalue weighted by molar-refractivity contribution is 6.31. The van der Waals surface area contributed by atoms with Crippen molar-refractivity contribution in [3.8, 4) is 17.2 Å². The van der Waals surface area contributed by atoms with Gasteiger partial charge in [0, 0.05) is 16.1 Å². The lowest BCUT2D eigenvalue weighted by molar-refractivity contribution is -0.115. The second-order valence-corrected chi connectivity index (χ2v) is 5.70. The highest BCUT2D eigenvalue weighted by atomic mass is 35.5. The average Bonchev–Trinajstić information content (AvgIpc) is 3.08. The molecule has 1 heterocycles. The lowest BCUT2D eigenvalue weighted by atomic mass is 10.1. The summed E-state index contributed by atoms with van der Waals surface area (Å²) in [6.45, 7) is 2.47. The van der Waals surface area contributed by atoms with Crippen molar-refractivity contribution in [2.24, 2.45) is 0 Å². The Labute approximate surface area is 154 Å². The lowest BCUT2D eigenvalue weighted by Crippen LogP contribution is -2.15. The van der Waals surface area contributed by atoms with E-state index in [-0.39, 0.29) is 28.9 Å². The van der Waals surface area contributed by atoms with Gasteiger partial charge in [-0.1, -0.05) is 22.8 Å². The van der Waals surface area contributed by atoms with E-state index in [2.05, 4.69) is 15.5 Å². The minimum atomic E-state index is -0.548. The fourth-order valence-corrected chi connectivity index (χ4v) is 2.51. The van der Waals surface area contributed by atoms with Gasteiger partial charge in [-0.2, -0.15) is 0 Å². The minimum absolute atomic E-state index is 0.0775. The van der Waals surface area contributed by atoms with Crippen molar-refractivity contribution < 1.29 is 18.3 Å². The molecule has 0 saturated heterocycles. The average molecular weight is 376 g/mol. The smallest absolute Gasteiger partial charge is 0.322 e. The van der Waals surface area contributed by atoms with E-state index in [1.165, 1.54) is 18.2 Å². The second kappa shape index (κ2) is 7.97. The Morgan fingerprint density at radius 3 is 2.69 bits per heavy atom. The quantitative estimate of drug-likeness (QED) is 0.701. The molecular weight excluding hydrogens is 361 g/mol. The van der Waals surface area contributed by atoms with Gasteiger partial charge in [-0.05, 0) is 43.3 Å². The summed E-state index contributed by atoms with van der Waals surface area (Å²) in [7, 11) is 0. The van der Waals surface area contributed by atoms with E-state index in [0.29, 0.717) is 12.2 Å². The molecule has 1 N–H and O–H groups in total. The second-order valence-electron chi connectivity index (χ2n) is 5.29. The fraction of sp³-hybridized carbons (Fsp3) is 0.167. The van der Waals surface area contributed by atoms with Crippen LogP contribution in [0.5, 0.6) is 5.75 Å². The molecule has 1 amide bonds. The number of nitrogens with zero attached hydrogens (tertiary/aromatic N) is 2. The molecule has 0 bridgehead atoms. The predicted molar refractivity (Wildman–Crippen MR) is 94.6 cm³/mol. The van der Waals surface area contributed by atoms with Crippen LogP contribution in [0.15, 0.2) is 46.9 Å². The summed E-state index contributed by atoms with van der Waals surface area (Å²) in [5.41, 5.74) is 0.788. The molecule has 0 fully saturated rings. The number of anilines is 1. The number of carbonyl (C=O) groups excluding carboxylic acids is 1. The van der Waals surface area contributed by atoms with Gasteiger partial charge < -0.3 is 9.15 Å².